The van der Waals surface area contributed by atoms with E-state index in [-0.39, 0.29) is 6.04 Å². The summed E-state index contributed by atoms with van der Waals surface area (Å²) < 4.78 is 15.5. The molecular formula is C12H15NO4. The van der Waals surface area contributed by atoms with Crippen molar-refractivity contribution in [2.45, 2.75) is 12.5 Å². The number of nitrogens with two attached hydrogens (primary N) is 1. The number of esters is 1. The van der Waals surface area contributed by atoms with Gasteiger partial charge in [0.2, 0.25) is 0 Å². The third-order valence-electron chi connectivity index (χ3n) is 2.83. The van der Waals surface area contributed by atoms with Crippen LogP contribution in [0.3, 0.4) is 0 Å². The van der Waals surface area contributed by atoms with Gasteiger partial charge in [-0.1, -0.05) is 0 Å². The summed E-state index contributed by atoms with van der Waals surface area (Å²) in [7, 11) is 2.89. The van der Waals surface area contributed by atoms with E-state index in [0.717, 1.165) is 0 Å². The smallest absolute Gasteiger partial charge is 0.338 e. The molecule has 0 spiro atoms. The van der Waals surface area contributed by atoms with Gasteiger partial charge >= 0.3 is 5.97 Å². The maximum atomic E-state index is 11.7. The first-order chi connectivity index (χ1) is 8.19. The van der Waals surface area contributed by atoms with Gasteiger partial charge in [-0.2, -0.15) is 0 Å². The van der Waals surface area contributed by atoms with Crippen molar-refractivity contribution in [3.05, 3.63) is 23.3 Å². The van der Waals surface area contributed by atoms with Crippen LogP contribution in [0.4, 0.5) is 0 Å². The van der Waals surface area contributed by atoms with Crippen LogP contribution in [0.2, 0.25) is 0 Å². The highest BCUT2D eigenvalue weighted by Gasteiger charge is 2.28. The van der Waals surface area contributed by atoms with Crippen molar-refractivity contribution in [1.82, 2.24) is 0 Å². The van der Waals surface area contributed by atoms with Crippen LogP contribution >= 0.6 is 0 Å². The number of hydrogen-bond acceptors (Lipinski definition) is 5. The zero-order valence-corrected chi connectivity index (χ0v) is 9.86. The van der Waals surface area contributed by atoms with Crippen LogP contribution < -0.4 is 15.2 Å². The Labute approximate surface area is 99.5 Å². The number of rotatable bonds is 2. The zero-order chi connectivity index (χ0) is 12.4. The molecule has 0 radical (unpaired) electrons. The molecule has 0 fully saturated rings. The monoisotopic (exact) mass is 237 g/mol. The lowest BCUT2D eigenvalue weighted by molar-refractivity contribution is 0.0597. The predicted octanol–water partition coefficient (Wildman–Crippen LogP) is 1.26. The van der Waals surface area contributed by atoms with E-state index in [2.05, 4.69) is 0 Å². The van der Waals surface area contributed by atoms with Crippen molar-refractivity contribution in [2.24, 2.45) is 5.73 Å². The Kier molecular flexibility index (Phi) is 3.19. The molecule has 0 unspecified atom stereocenters. The minimum absolute atomic E-state index is 0.233. The lowest BCUT2D eigenvalue weighted by atomic mass is 9.95. The zero-order valence-electron chi connectivity index (χ0n) is 9.86. The average Bonchev–Trinajstić information content (AvgIpc) is 2.37. The highest BCUT2D eigenvalue weighted by atomic mass is 16.5. The van der Waals surface area contributed by atoms with Crippen molar-refractivity contribution in [3.8, 4) is 11.5 Å². The molecule has 5 nitrogen and oxygen atoms in total. The second-order valence-corrected chi connectivity index (χ2v) is 3.79. The lowest BCUT2D eigenvalue weighted by Crippen LogP contribution is -2.24. The summed E-state index contributed by atoms with van der Waals surface area (Å²) in [6, 6.07) is 3.10. The predicted molar refractivity (Wildman–Crippen MR) is 61.4 cm³/mol. The molecule has 0 amide bonds. The second-order valence-electron chi connectivity index (χ2n) is 3.79. The second kappa shape index (κ2) is 4.63. The molecule has 1 aromatic rings. The largest absolute Gasteiger partial charge is 0.493 e. The van der Waals surface area contributed by atoms with Crippen molar-refractivity contribution in [1.29, 1.82) is 0 Å². The Morgan fingerprint density at radius 3 is 2.88 bits per heavy atom. The Morgan fingerprint density at radius 2 is 2.24 bits per heavy atom. The first-order valence-corrected chi connectivity index (χ1v) is 5.36. The maximum Gasteiger partial charge on any atom is 0.338 e. The Balaban J connectivity index is 2.59. The van der Waals surface area contributed by atoms with E-state index >= 15 is 0 Å². The molecule has 92 valence electrons. The average molecular weight is 237 g/mol. The Hall–Kier alpha value is -1.75. The number of ether oxygens (including phenoxy) is 3. The molecule has 17 heavy (non-hydrogen) atoms. The third-order valence-corrected chi connectivity index (χ3v) is 2.83. The lowest BCUT2D eigenvalue weighted by Gasteiger charge is -2.26. The molecule has 1 heterocycles. The van der Waals surface area contributed by atoms with Gasteiger partial charge in [0.05, 0.1) is 26.4 Å². The fraction of sp³-hybridized carbons (Fsp3) is 0.417. The normalized spacial score (nSPS) is 17.9. The van der Waals surface area contributed by atoms with E-state index < -0.39 is 5.97 Å². The van der Waals surface area contributed by atoms with Gasteiger partial charge < -0.3 is 19.9 Å². The minimum atomic E-state index is -0.412. The van der Waals surface area contributed by atoms with Crippen molar-refractivity contribution in [2.75, 3.05) is 20.8 Å². The topological polar surface area (TPSA) is 70.8 Å². The van der Waals surface area contributed by atoms with Gasteiger partial charge in [0.1, 0.15) is 0 Å². The van der Waals surface area contributed by atoms with Crippen LogP contribution in [0.1, 0.15) is 28.4 Å². The van der Waals surface area contributed by atoms with Crippen LogP contribution in [0.5, 0.6) is 11.5 Å². The summed E-state index contributed by atoms with van der Waals surface area (Å²) >= 11 is 0. The minimum Gasteiger partial charge on any atom is -0.493 e. The van der Waals surface area contributed by atoms with Crippen molar-refractivity contribution >= 4 is 5.97 Å². The molecule has 0 saturated carbocycles. The molecule has 2 N–H and O–H groups in total. The standard InChI is InChI=1S/C12H15NO4/c1-15-9-4-3-7(12(14)16-2)10-8(13)5-6-17-11(9)10/h3-4,8H,5-6,13H2,1-2H3/t8-/m0/s1. The van der Waals surface area contributed by atoms with Gasteiger partial charge in [0.25, 0.3) is 0 Å². The van der Waals surface area contributed by atoms with Crippen LogP contribution in [-0.4, -0.2) is 26.8 Å². The molecule has 0 saturated heterocycles. The van der Waals surface area contributed by atoms with Crippen LogP contribution in [0.15, 0.2) is 12.1 Å². The molecule has 1 aliphatic heterocycles. The van der Waals surface area contributed by atoms with Crippen LogP contribution in [-0.2, 0) is 4.74 Å². The molecule has 1 atom stereocenters. The Bertz CT molecular complexity index is 444. The van der Waals surface area contributed by atoms with E-state index in [1.807, 2.05) is 0 Å². The van der Waals surface area contributed by atoms with Crippen molar-refractivity contribution in [3.63, 3.8) is 0 Å². The first kappa shape index (κ1) is 11.7. The van der Waals surface area contributed by atoms with Gasteiger partial charge in [-0.05, 0) is 12.1 Å². The summed E-state index contributed by atoms with van der Waals surface area (Å²) in [5, 5.41) is 0. The summed E-state index contributed by atoms with van der Waals surface area (Å²) in [5.74, 6) is 0.724. The third kappa shape index (κ3) is 1.93. The SMILES string of the molecule is COC(=O)c1ccc(OC)c2c1[C@@H](N)CCO2. The number of methoxy groups -OCH3 is 2. The summed E-state index contributed by atoms with van der Waals surface area (Å²) in [6.45, 7) is 0.523. The van der Waals surface area contributed by atoms with Crippen LogP contribution in [0.25, 0.3) is 0 Å². The molecule has 1 aromatic carbocycles. The van der Waals surface area contributed by atoms with E-state index in [4.69, 9.17) is 19.9 Å². The van der Waals surface area contributed by atoms with Gasteiger partial charge in [0.15, 0.2) is 11.5 Å². The molecule has 0 aliphatic carbocycles. The molecule has 5 heteroatoms. The van der Waals surface area contributed by atoms with E-state index in [1.54, 1.807) is 19.2 Å². The van der Waals surface area contributed by atoms with Gasteiger partial charge in [-0.15, -0.1) is 0 Å². The molecule has 1 aliphatic rings. The maximum absolute atomic E-state index is 11.7. The fourth-order valence-corrected chi connectivity index (χ4v) is 1.98. The highest BCUT2D eigenvalue weighted by Crippen LogP contribution is 2.40. The van der Waals surface area contributed by atoms with E-state index in [0.29, 0.717) is 35.7 Å². The number of hydrogen-bond donors (Lipinski definition) is 1. The quantitative estimate of drug-likeness (QED) is 0.784. The number of carbonyl (C=O) groups excluding carboxylic acids is 1. The summed E-state index contributed by atoms with van der Waals surface area (Å²) in [4.78, 5) is 11.7. The number of carbonyl (C=O) groups is 1. The highest BCUT2D eigenvalue weighted by molar-refractivity contribution is 5.92. The molecular weight excluding hydrogens is 222 g/mol. The van der Waals surface area contributed by atoms with E-state index in [9.17, 15) is 4.79 Å². The fourth-order valence-electron chi connectivity index (χ4n) is 1.98. The Morgan fingerprint density at radius 1 is 1.47 bits per heavy atom. The summed E-state index contributed by atoms with van der Waals surface area (Å²) in [6.07, 6.45) is 0.671. The number of fused-ring (bicyclic) bond motifs is 1. The molecule has 2 rings (SSSR count). The van der Waals surface area contributed by atoms with Crippen molar-refractivity contribution < 1.29 is 19.0 Å². The van der Waals surface area contributed by atoms with Gasteiger partial charge in [0, 0.05) is 18.0 Å². The van der Waals surface area contributed by atoms with Gasteiger partial charge in [-0.3, -0.25) is 0 Å². The van der Waals surface area contributed by atoms with E-state index in [1.165, 1.54) is 7.11 Å². The van der Waals surface area contributed by atoms with Gasteiger partial charge in [-0.25, -0.2) is 4.79 Å². The van der Waals surface area contributed by atoms with Crippen LogP contribution in [0, 0.1) is 0 Å². The summed E-state index contributed by atoms with van der Waals surface area (Å²) in [5.41, 5.74) is 7.13. The molecule has 0 bridgehead atoms. The number of benzene rings is 1. The molecule has 0 aromatic heterocycles. The first-order valence-electron chi connectivity index (χ1n) is 5.36.